The second-order valence-electron chi connectivity index (χ2n) is 0.968. The SMILES string of the molecule is N=C(N)N.NCCO. The first-order valence-corrected chi connectivity index (χ1v) is 2.05. The Bertz CT molecular complexity index is 49.2. The summed E-state index contributed by atoms with van der Waals surface area (Å²) in [7, 11) is 0. The third-order valence-corrected chi connectivity index (χ3v) is 0.129. The van der Waals surface area contributed by atoms with Crippen molar-refractivity contribution in [2.45, 2.75) is 0 Å². The fraction of sp³-hybridized carbons (Fsp3) is 0.667. The van der Waals surface area contributed by atoms with Gasteiger partial charge in [0.05, 0.1) is 6.61 Å². The average Bonchev–Trinajstić information content (AvgIpc) is 1.65. The van der Waals surface area contributed by atoms with Gasteiger partial charge in [-0.2, -0.15) is 0 Å². The molecule has 0 rings (SSSR count). The molecule has 0 aromatic heterocycles. The zero-order valence-electron chi connectivity index (χ0n) is 4.59. The summed E-state index contributed by atoms with van der Waals surface area (Å²) in [5.74, 6) is -0.333. The van der Waals surface area contributed by atoms with Gasteiger partial charge in [0.2, 0.25) is 0 Å². The summed E-state index contributed by atoms with van der Waals surface area (Å²) in [4.78, 5) is 0. The molecule has 0 unspecified atom stereocenters. The van der Waals surface area contributed by atoms with E-state index in [2.05, 4.69) is 11.5 Å². The number of nitrogens with two attached hydrogens (primary N) is 3. The van der Waals surface area contributed by atoms with Gasteiger partial charge < -0.3 is 22.3 Å². The second kappa shape index (κ2) is 9.50. The summed E-state index contributed by atoms with van der Waals surface area (Å²) < 4.78 is 0. The molecule has 0 radical (unpaired) electrons. The van der Waals surface area contributed by atoms with E-state index >= 15 is 0 Å². The monoisotopic (exact) mass is 120 g/mol. The van der Waals surface area contributed by atoms with Crippen molar-refractivity contribution >= 4 is 5.96 Å². The summed E-state index contributed by atoms with van der Waals surface area (Å²) in [6.07, 6.45) is 0. The maximum Gasteiger partial charge on any atom is 0.183 e. The van der Waals surface area contributed by atoms with Crippen LogP contribution in [-0.2, 0) is 0 Å². The lowest BCUT2D eigenvalue weighted by Crippen LogP contribution is -2.20. The highest BCUT2D eigenvalue weighted by molar-refractivity contribution is 5.71. The number of guanidine groups is 1. The standard InChI is InChI=1S/C2H7NO.CH5N3/c3-1-2-4;2-1(3)4/h4H,1-3H2;(H5,2,3,4). The number of rotatable bonds is 1. The van der Waals surface area contributed by atoms with Gasteiger partial charge in [0.25, 0.3) is 0 Å². The molecule has 0 aliphatic heterocycles. The molecular weight excluding hydrogens is 108 g/mol. The molecule has 0 saturated carbocycles. The Morgan fingerprint density at radius 1 is 1.50 bits per heavy atom. The highest BCUT2D eigenvalue weighted by atomic mass is 16.3. The van der Waals surface area contributed by atoms with Crippen molar-refractivity contribution in [2.24, 2.45) is 17.2 Å². The lowest BCUT2D eigenvalue weighted by Gasteiger charge is -1.71. The van der Waals surface area contributed by atoms with E-state index in [1.165, 1.54) is 0 Å². The quantitative estimate of drug-likeness (QED) is 0.198. The van der Waals surface area contributed by atoms with Gasteiger partial charge in [-0.3, -0.25) is 5.41 Å². The molecule has 0 atom stereocenters. The van der Waals surface area contributed by atoms with Crippen molar-refractivity contribution in [1.82, 2.24) is 0 Å². The van der Waals surface area contributed by atoms with Crippen molar-refractivity contribution in [3.05, 3.63) is 0 Å². The van der Waals surface area contributed by atoms with Crippen molar-refractivity contribution < 1.29 is 5.11 Å². The van der Waals surface area contributed by atoms with Crippen LogP contribution in [0.15, 0.2) is 0 Å². The molecule has 50 valence electrons. The summed E-state index contributed by atoms with van der Waals surface area (Å²) >= 11 is 0. The molecule has 0 aromatic rings. The predicted molar refractivity (Wildman–Crippen MR) is 32.2 cm³/mol. The Balaban J connectivity index is 0. The molecule has 5 nitrogen and oxygen atoms in total. The van der Waals surface area contributed by atoms with E-state index in [1.54, 1.807) is 0 Å². The van der Waals surface area contributed by atoms with Gasteiger partial charge in [-0.15, -0.1) is 0 Å². The molecular formula is C3H12N4O. The maximum absolute atomic E-state index is 7.75. The molecule has 0 saturated heterocycles. The van der Waals surface area contributed by atoms with E-state index in [-0.39, 0.29) is 12.6 Å². The Morgan fingerprint density at radius 2 is 1.62 bits per heavy atom. The molecule has 5 heteroatoms. The summed E-state index contributed by atoms with van der Waals surface area (Å²) in [5, 5.41) is 13.8. The van der Waals surface area contributed by atoms with Gasteiger partial charge in [0, 0.05) is 6.54 Å². The first-order valence-electron chi connectivity index (χ1n) is 2.05. The third kappa shape index (κ3) is 2520. The second-order valence-corrected chi connectivity index (χ2v) is 0.968. The minimum absolute atomic E-state index is 0.0972. The molecule has 0 aliphatic carbocycles. The number of aliphatic hydroxyl groups is 1. The highest BCUT2D eigenvalue weighted by Gasteiger charge is 1.56. The maximum atomic E-state index is 7.75. The van der Waals surface area contributed by atoms with Crippen LogP contribution in [-0.4, -0.2) is 24.2 Å². The lowest BCUT2D eigenvalue weighted by molar-refractivity contribution is 0.306. The summed E-state index contributed by atoms with van der Waals surface area (Å²) in [5.41, 5.74) is 13.7. The Hall–Kier alpha value is -0.810. The number of hydrogen-bond acceptors (Lipinski definition) is 3. The summed E-state index contributed by atoms with van der Waals surface area (Å²) in [6, 6.07) is 0. The fourth-order valence-electron chi connectivity index (χ4n) is 0. The van der Waals surface area contributed by atoms with E-state index in [0.717, 1.165) is 0 Å². The molecule has 0 bridgehead atoms. The van der Waals surface area contributed by atoms with Crippen LogP contribution in [0, 0.1) is 5.41 Å². The topological polar surface area (TPSA) is 122 Å². The van der Waals surface area contributed by atoms with E-state index in [1.807, 2.05) is 0 Å². The van der Waals surface area contributed by atoms with Crippen molar-refractivity contribution in [3.8, 4) is 0 Å². The van der Waals surface area contributed by atoms with Crippen LogP contribution in [0.3, 0.4) is 0 Å². The molecule has 0 aromatic carbocycles. The minimum Gasteiger partial charge on any atom is -0.395 e. The predicted octanol–water partition coefficient (Wildman–Crippen LogP) is -2.22. The molecule has 0 fully saturated rings. The normalized spacial score (nSPS) is 6.75. The van der Waals surface area contributed by atoms with Crippen LogP contribution in [0.2, 0.25) is 0 Å². The van der Waals surface area contributed by atoms with Crippen LogP contribution in [0.1, 0.15) is 0 Å². The zero-order valence-corrected chi connectivity index (χ0v) is 4.59. The molecule has 0 spiro atoms. The van der Waals surface area contributed by atoms with E-state index in [0.29, 0.717) is 6.54 Å². The minimum atomic E-state index is -0.333. The number of aliphatic hydroxyl groups excluding tert-OH is 1. The first kappa shape index (κ1) is 10.2. The van der Waals surface area contributed by atoms with Gasteiger partial charge in [0.15, 0.2) is 5.96 Å². The number of nitrogens with one attached hydrogen (secondary N) is 1. The number of hydrogen-bond donors (Lipinski definition) is 5. The molecule has 8 N–H and O–H groups in total. The van der Waals surface area contributed by atoms with Crippen LogP contribution in [0.25, 0.3) is 0 Å². The molecule has 0 amide bonds. The molecule has 0 aliphatic rings. The Kier molecular flexibility index (Phi) is 12.1. The van der Waals surface area contributed by atoms with Gasteiger partial charge in [0.1, 0.15) is 0 Å². The van der Waals surface area contributed by atoms with Gasteiger partial charge >= 0.3 is 0 Å². The molecule has 8 heavy (non-hydrogen) atoms. The highest BCUT2D eigenvalue weighted by Crippen LogP contribution is 1.33. The Morgan fingerprint density at radius 3 is 1.62 bits per heavy atom. The Labute approximate surface area is 48.0 Å². The third-order valence-electron chi connectivity index (χ3n) is 0.129. The average molecular weight is 120 g/mol. The van der Waals surface area contributed by atoms with Crippen LogP contribution in [0.4, 0.5) is 0 Å². The van der Waals surface area contributed by atoms with Crippen LogP contribution < -0.4 is 17.2 Å². The summed E-state index contributed by atoms with van der Waals surface area (Å²) in [6.45, 7) is 0.472. The smallest absolute Gasteiger partial charge is 0.183 e. The van der Waals surface area contributed by atoms with E-state index in [9.17, 15) is 0 Å². The van der Waals surface area contributed by atoms with Gasteiger partial charge in [-0.25, -0.2) is 0 Å². The first-order chi connectivity index (χ1) is 3.65. The zero-order chi connectivity index (χ0) is 6.99. The van der Waals surface area contributed by atoms with Crippen molar-refractivity contribution in [3.63, 3.8) is 0 Å². The van der Waals surface area contributed by atoms with Crippen molar-refractivity contribution in [2.75, 3.05) is 13.2 Å². The van der Waals surface area contributed by atoms with Crippen LogP contribution in [0.5, 0.6) is 0 Å². The molecule has 0 heterocycles. The largest absolute Gasteiger partial charge is 0.395 e. The van der Waals surface area contributed by atoms with Gasteiger partial charge in [-0.1, -0.05) is 0 Å². The van der Waals surface area contributed by atoms with Crippen LogP contribution >= 0.6 is 0 Å². The van der Waals surface area contributed by atoms with E-state index in [4.69, 9.17) is 16.2 Å². The van der Waals surface area contributed by atoms with Gasteiger partial charge in [-0.05, 0) is 0 Å². The lowest BCUT2D eigenvalue weighted by atomic mass is 10.8. The fourth-order valence-corrected chi connectivity index (χ4v) is 0. The van der Waals surface area contributed by atoms with E-state index < -0.39 is 0 Å². The van der Waals surface area contributed by atoms with Crippen molar-refractivity contribution in [1.29, 1.82) is 5.41 Å².